The van der Waals surface area contributed by atoms with Gasteiger partial charge >= 0.3 is 6.41 Å². The van der Waals surface area contributed by atoms with Crippen molar-refractivity contribution in [3.8, 4) is 0 Å². The van der Waals surface area contributed by atoms with Gasteiger partial charge in [0.05, 0.1) is 0 Å². The fourth-order valence-electron chi connectivity index (χ4n) is 0.218. The third-order valence-corrected chi connectivity index (χ3v) is 0.532. The van der Waals surface area contributed by atoms with E-state index in [1.165, 1.54) is 6.41 Å². The lowest BCUT2D eigenvalue weighted by molar-refractivity contribution is 0.289. The molecule has 0 aliphatic rings. The molecular weight excluding hydrogens is 94.0 g/mol. The molecule has 1 radical (unpaired) electrons. The lowest BCUT2D eigenvalue weighted by Gasteiger charge is -1.89. The Morgan fingerprint density at radius 2 is 2.43 bits per heavy atom. The fraction of sp³-hybridized carbons (Fsp3) is 0.750. The largest absolute Gasteiger partial charge is 0.396 e. The SMILES string of the molecule is O=[C]NCCCO. The second kappa shape index (κ2) is 5.43. The van der Waals surface area contributed by atoms with Crippen LogP contribution in [0.3, 0.4) is 0 Å². The van der Waals surface area contributed by atoms with E-state index < -0.39 is 0 Å². The number of hydrogen-bond acceptors (Lipinski definition) is 2. The van der Waals surface area contributed by atoms with Crippen molar-refractivity contribution in [3.05, 3.63) is 0 Å². The van der Waals surface area contributed by atoms with Crippen LogP contribution in [0.5, 0.6) is 0 Å². The van der Waals surface area contributed by atoms with Gasteiger partial charge in [0.25, 0.3) is 0 Å². The molecule has 0 unspecified atom stereocenters. The average Bonchev–Trinajstić information content (AvgIpc) is 1.69. The van der Waals surface area contributed by atoms with E-state index in [1.54, 1.807) is 0 Å². The minimum atomic E-state index is 0.120. The molecule has 0 bridgehead atoms. The first-order valence-corrected chi connectivity index (χ1v) is 2.12. The highest BCUT2D eigenvalue weighted by atomic mass is 16.3. The molecule has 7 heavy (non-hydrogen) atoms. The second-order valence-corrected chi connectivity index (χ2v) is 1.11. The summed E-state index contributed by atoms with van der Waals surface area (Å²) in [6.07, 6.45) is 2.10. The van der Waals surface area contributed by atoms with Crippen LogP contribution in [0, 0.1) is 0 Å². The number of amides is 1. The lowest BCUT2D eigenvalue weighted by Crippen LogP contribution is -2.12. The van der Waals surface area contributed by atoms with Crippen LogP contribution in [0.4, 0.5) is 0 Å². The third-order valence-electron chi connectivity index (χ3n) is 0.532. The van der Waals surface area contributed by atoms with Gasteiger partial charge in [-0.2, -0.15) is 0 Å². The summed E-state index contributed by atoms with van der Waals surface area (Å²) < 4.78 is 0. The van der Waals surface area contributed by atoms with Crippen molar-refractivity contribution in [1.82, 2.24) is 5.32 Å². The average molecular weight is 102 g/mol. The molecule has 0 saturated heterocycles. The molecule has 0 rings (SSSR count). The van der Waals surface area contributed by atoms with Gasteiger partial charge in [0.15, 0.2) is 0 Å². The maximum atomic E-state index is 9.36. The predicted molar refractivity (Wildman–Crippen MR) is 25.4 cm³/mol. The normalized spacial score (nSPS) is 8.14. The number of aliphatic hydroxyl groups is 1. The van der Waals surface area contributed by atoms with E-state index in [0.29, 0.717) is 13.0 Å². The van der Waals surface area contributed by atoms with Crippen molar-refractivity contribution < 1.29 is 9.90 Å². The molecule has 0 spiro atoms. The van der Waals surface area contributed by atoms with E-state index in [1.807, 2.05) is 0 Å². The van der Waals surface area contributed by atoms with Crippen LogP contribution >= 0.6 is 0 Å². The molecule has 3 heteroatoms. The van der Waals surface area contributed by atoms with E-state index in [-0.39, 0.29) is 6.61 Å². The topological polar surface area (TPSA) is 49.3 Å². The summed E-state index contributed by atoms with van der Waals surface area (Å²) in [4.78, 5) is 9.36. The Balaban J connectivity index is 2.56. The van der Waals surface area contributed by atoms with Crippen LogP contribution in [-0.4, -0.2) is 24.7 Å². The van der Waals surface area contributed by atoms with E-state index in [9.17, 15) is 4.79 Å². The number of aliphatic hydroxyl groups excluding tert-OH is 1. The second-order valence-electron chi connectivity index (χ2n) is 1.11. The maximum Gasteiger partial charge on any atom is 0.309 e. The van der Waals surface area contributed by atoms with Crippen LogP contribution in [-0.2, 0) is 4.79 Å². The molecular formula is C4H8NO2. The summed E-state index contributed by atoms with van der Waals surface area (Å²) >= 11 is 0. The molecule has 0 atom stereocenters. The summed E-state index contributed by atoms with van der Waals surface area (Å²) in [7, 11) is 0. The van der Waals surface area contributed by atoms with Gasteiger partial charge in [-0.3, -0.25) is 4.79 Å². The molecule has 0 aromatic heterocycles. The van der Waals surface area contributed by atoms with Gasteiger partial charge < -0.3 is 10.4 Å². The Bertz CT molecular complexity index is 47.0. The monoisotopic (exact) mass is 102 g/mol. The number of nitrogens with one attached hydrogen (secondary N) is 1. The van der Waals surface area contributed by atoms with Gasteiger partial charge in [-0.15, -0.1) is 0 Å². The Morgan fingerprint density at radius 1 is 1.71 bits per heavy atom. The number of carbonyl (C=O) groups excluding carboxylic acids is 1. The first-order chi connectivity index (χ1) is 3.41. The minimum Gasteiger partial charge on any atom is -0.396 e. The van der Waals surface area contributed by atoms with E-state index >= 15 is 0 Å². The highest BCUT2D eigenvalue weighted by Gasteiger charge is 1.78. The van der Waals surface area contributed by atoms with Gasteiger partial charge in [-0.25, -0.2) is 0 Å². The molecule has 0 aliphatic heterocycles. The molecule has 0 saturated carbocycles. The smallest absolute Gasteiger partial charge is 0.309 e. The van der Waals surface area contributed by atoms with E-state index in [2.05, 4.69) is 5.32 Å². The first-order valence-electron chi connectivity index (χ1n) is 2.12. The first kappa shape index (κ1) is 6.43. The molecule has 0 fully saturated rings. The van der Waals surface area contributed by atoms with Crippen LogP contribution < -0.4 is 5.32 Å². The number of hydrogen-bond donors (Lipinski definition) is 2. The van der Waals surface area contributed by atoms with Crippen molar-refractivity contribution in [2.75, 3.05) is 13.2 Å². The van der Waals surface area contributed by atoms with Crippen LogP contribution in [0.1, 0.15) is 6.42 Å². The van der Waals surface area contributed by atoms with Crippen LogP contribution in [0.15, 0.2) is 0 Å². The highest BCUT2D eigenvalue weighted by Crippen LogP contribution is 1.66. The fourth-order valence-corrected chi connectivity index (χ4v) is 0.218. The van der Waals surface area contributed by atoms with Gasteiger partial charge in [0.2, 0.25) is 0 Å². The van der Waals surface area contributed by atoms with Crippen molar-refractivity contribution in [3.63, 3.8) is 0 Å². The number of rotatable bonds is 4. The zero-order chi connectivity index (χ0) is 5.54. The molecule has 2 N–H and O–H groups in total. The minimum absolute atomic E-state index is 0.120. The molecule has 0 aromatic rings. The third kappa shape index (κ3) is 5.43. The summed E-state index contributed by atoms with van der Waals surface area (Å²) in [5, 5.41) is 10.4. The van der Waals surface area contributed by atoms with Crippen molar-refractivity contribution >= 4 is 6.41 Å². The quantitative estimate of drug-likeness (QED) is 0.354. The molecule has 0 aromatic carbocycles. The van der Waals surface area contributed by atoms with Gasteiger partial charge in [-0.05, 0) is 6.42 Å². The summed E-state index contributed by atoms with van der Waals surface area (Å²) in [5.74, 6) is 0. The van der Waals surface area contributed by atoms with Crippen LogP contribution in [0.25, 0.3) is 0 Å². The molecule has 1 amide bonds. The predicted octanol–water partition coefficient (Wildman–Crippen LogP) is -0.974. The van der Waals surface area contributed by atoms with E-state index in [0.717, 1.165) is 0 Å². The van der Waals surface area contributed by atoms with Gasteiger partial charge in [0.1, 0.15) is 0 Å². The Labute approximate surface area is 42.3 Å². The van der Waals surface area contributed by atoms with Crippen molar-refractivity contribution in [1.29, 1.82) is 0 Å². The standard InChI is InChI=1S/C4H8NO2/c6-3-1-2-5-4-7/h6H,1-3H2,(H,5,7). The van der Waals surface area contributed by atoms with Crippen molar-refractivity contribution in [2.24, 2.45) is 0 Å². The van der Waals surface area contributed by atoms with Gasteiger partial charge in [-0.1, -0.05) is 0 Å². The lowest BCUT2D eigenvalue weighted by atomic mass is 10.5. The zero-order valence-corrected chi connectivity index (χ0v) is 3.98. The summed E-state index contributed by atoms with van der Waals surface area (Å²) in [6.45, 7) is 0.634. The summed E-state index contributed by atoms with van der Waals surface area (Å²) in [6, 6.07) is 0. The molecule has 3 nitrogen and oxygen atoms in total. The Morgan fingerprint density at radius 3 is 2.86 bits per heavy atom. The maximum absolute atomic E-state index is 9.36. The van der Waals surface area contributed by atoms with Crippen LogP contribution in [0.2, 0.25) is 0 Å². The Hall–Kier alpha value is -0.570. The van der Waals surface area contributed by atoms with Gasteiger partial charge in [0, 0.05) is 13.2 Å². The van der Waals surface area contributed by atoms with E-state index in [4.69, 9.17) is 5.11 Å². The Kier molecular flexibility index (Phi) is 4.99. The highest BCUT2D eigenvalue weighted by molar-refractivity contribution is 5.46. The molecule has 0 aliphatic carbocycles. The zero-order valence-electron chi connectivity index (χ0n) is 3.98. The molecule has 41 valence electrons. The van der Waals surface area contributed by atoms with Crippen molar-refractivity contribution in [2.45, 2.75) is 6.42 Å². The molecule has 0 heterocycles. The summed E-state index contributed by atoms with van der Waals surface area (Å²) in [5.41, 5.74) is 0.